The molecule has 2 aromatic carbocycles. The summed E-state index contributed by atoms with van der Waals surface area (Å²) < 4.78 is 39.7. The Morgan fingerprint density at radius 3 is 2.45 bits per heavy atom. The minimum Gasteiger partial charge on any atom is -0.324 e. The summed E-state index contributed by atoms with van der Waals surface area (Å²) in [5, 5.41) is 11.5. The van der Waals surface area contributed by atoms with Crippen LogP contribution in [0.5, 0.6) is 0 Å². The standard InChI is InChI=1S/C20H13F3N4OS/c21-20(22,23)17-10-16(13-6-2-1-3-7-13)26-19(27-17)29-12-18(28)25-15-9-5-4-8-14(15)11-24/h1-10H,12H2,(H,25,28). The lowest BCUT2D eigenvalue weighted by molar-refractivity contribution is -0.141. The lowest BCUT2D eigenvalue weighted by atomic mass is 10.1. The van der Waals surface area contributed by atoms with Crippen LogP contribution in [0.4, 0.5) is 18.9 Å². The number of thioether (sulfide) groups is 1. The quantitative estimate of drug-likeness (QED) is 0.481. The monoisotopic (exact) mass is 414 g/mol. The average Bonchev–Trinajstić information content (AvgIpc) is 2.72. The van der Waals surface area contributed by atoms with E-state index in [1.807, 2.05) is 6.07 Å². The van der Waals surface area contributed by atoms with E-state index in [9.17, 15) is 18.0 Å². The second kappa shape index (κ2) is 8.75. The number of carbonyl (C=O) groups is 1. The first-order chi connectivity index (χ1) is 13.9. The molecule has 0 fully saturated rings. The van der Waals surface area contributed by atoms with Gasteiger partial charge in [-0.2, -0.15) is 18.4 Å². The smallest absolute Gasteiger partial charge is 0.324 e. The summed E-state index contributed by atoms with van der Waals surface area (Å²) in [6.45, 7) is 0. The Morgan fingerprint density at radius 2 is 1.76 bits per heavy atom. The topological polar surface area (TPSA) is 78.7 Å². The molecule has 29 heavy (non-hydrogen) atoms. The van der Waals surface area contributed by atoms with Crippen LogP contribution in [0, 0.1) is 11.3 Å². The number of para-hydroxylation sites is 1. The van der Waals surface area contributed by atoms with Crippen molar-refractivity contribution in [2.45, 2.75) is 11.3 Å². The second-order valence-corrected chi connectivity index (χ2v) is 6.72. The molecule has 1 aromatic heterocycles. The van der Waals surface area contributed by atoms with E-state index in [0.717, 1.165) is 17.8 Å². The molecule has 0 aliphatic rings. The molecule has 1 heterocycles. The predicted octanol–water partition coefficient (Wildman–Crippen LogP) is 4.76. The summed E-state index contributed by atoms with van der Waals surface area (Å²) in [6, 6.07) is 17.7. The summed E-state index contributed by atoms with van der Waals surface area (Å²) in [7, 11) is 0. The number of nitriles is 1. The van der Waals surface area contributed by atoms with Crippen LogP contribution in [-0.2, 0) is 11.0 Å². The Bertz CT molecular complexity index is 1070. The van der Waals surface area contributed by atoms with E-state index in [2.05, 4.69) is 15.3 Å². The Morgan fingerprint density at radius 1 is 1.07 bits per heavy atom. The van der Waals surface area contributed by atoms with Crippen LogP contribution >= 0.6 is 11.8 Å². The van der Waals surface area contributed by atoms with Crippen molar-refractivity contribution < 1.29 is 18.0 Å². The number of hydrogen-bond acceptors (Lipinski definition) is 5. The normalized spacial score (nSPS) is 11.0. The van der Waals surface area contributed by atoms with Gasteiger partial charge in [0.1, 0.15) is 11.8 Å². The largest absolute Gasteiger partial charge is 0.433 e. The fourth-order valence-corrected chi connectivity index (χ4v) is 3.06. The zero-order valence-electron chi connectivity index (χ0n) is 14.8. The van der Waals surface area contributed by atoms with E-state index in [4.69, 9.17) is 5.26 Å². The Hall–Kier alpha value is -3.38. The fraction of sp³-hybridized carbons (Fsp3) is 0.100. The zero-order chi connectivity index (χ0) is 20.9. The van der Waals surface area contributed by atoms with Gasteiger partial charge in [-0.3, -0.25) is 4.79 Å². The van der Waals surface area contributed by atoms with Crippen LogP contribution in [0.25, 0.3) is 11.3 Å². The molecular formula is C20H13F3N4OS. The van der Waals surface area contributed by atoms with Gasteiger partial charge in [-0.25, -0.2) is 9.97 Å². The van der Waals surface area contributed by atoms with Gasteiger partial charge in [-0.1, -0.05) is 54.2 Å². The van der Waals surface area contributed by atoms with Crippen molar-refractivity contribution in [3.63, 3.8) is 0 Å². The Balaban J connectivity index is 1.79. The molecule has 0 unspecified atom stereocenters. The highest BCUT2D eigenvalue weighted by Crippen LogP contribution is 2.32. The minimum atomic E-state index is -4.64. The number of anilines is 1. The first kappa shape index (κ1) is 20.4. The molecule has 3 aromatic rings. The van der Waals surface area contributed by atoms with Gasteiger partial charge < -0.3 is 5.32 Å². The molecule has 0 aliphatic carbocycles. The van der Waals surface area contributed by atoms with E-state index < -0.39 is 17.8 Å². The first-order valence-electron chi connectivity index (χ1n) is 8.30. The molecule has 0 saturated carbocycles. The van der Waals surface area contributed by atoms with Crippen molar-refractivity contribution in [1.29, 1.82) is 5.26 Å². The molecule has 9 heteroatoms. The third kappa shape index (κ3) is 5.33. The van der Waals surface area contributed by atoms with Gasteiger partial charge in [-0.05, 0) is 18.2 Å². The summed E-state index contributed by atoms with van der Waals surface area (Å²) in [4.78, 5) is 19.9. The molecule has 0 aliphatic heterocycles. The van der Waals surface area contributed by atoms with Gasteiger partial charge >= 0.3 is 6.18 Å². The van der Waals surface area contributed by atoms with Crippen LogP contribution in [0.15, 0.2) is 65.8 Å². The third-order valence-corrected chi connectivity index (χ3v) is 4.57. The maximum Gasteiger partial charge on any atom is 0.433 e. The molecule has 0 saturated heterocycles. The summed E-state index contributed by atoms with van der Waals surface area (Å²) in [5.74, 6) is -0.699. The molecule has 0 bridgehead atoms. The minimum absolute atomic E-state index is 0.116. The number of halogens is 3. The summed E-state index contributed by atoms with van der Waals surface area (Å²) >= 11 is 0.783. The van der Waals surface area contributed by atoms with Crippen LogP contribution in [0.1, 0.15) is 11.3 Å². The number of hydrogen-bond donors (Lipinski definition) is 1. The van der Waals surface area contributed by atoms with E-state index in [1.165, 1.54) is 0 Å². The molecule has 0 atom stereocenters. The van der Waals surface area contributed by atoms with Crippen molar-refractivity contribution in [2.24, 2.45) is 0 Å². The van der Waals surface area contributed by atoms with Gasteiger partial charge in [0, 0.05) is 5.56 Å². The lowest BCUT2D eigenvalue weighted by Crippen LogP contribution is -2.16. The Labute approximate surface area is 168 Å². The number of benzene rings is 2. The highest BCUT2D eigenvalue weighted by Gasteiger charge is 2.34. The molecule has 146 valence electrons. The number of carbonyl (C=O) groups excluding carboxylic acids is 1. The maximum atomic E-state index is 13.2. The predicted molar refractivity (Wildman–Crippen MR) is 103 cm³/mol. The maximum absolute atomic E-state index is 13.2. The van der Waals surface area contributed by atoms with Crippen LogP contribution < -0.4 is 5.32 Å². The highest BCUT2D eigenvalue weighted by atomic mass is 32.2. The van der Waals surface area contributed by atoms with Gasteiger partial charge in [0.15, 0.2) is 5.16 Å². The number of nitrogens with zero attached hydrogens (tertiary/aromatic N) is 3. The van der Waals surface area contributed by atoms with E-state index in [0.29, 0.717) is 11.3 Å². The molecule has 0 spiro atoms. The molecule has 0 radical (unpaired) electrons. The number of nitrogens with one attached hydrogen (secondary N) is 1. The summed E-state index contributed by atoms with van der Waals surface area (Å²) in [5.41, 5.74) is 0.160. The number of amides is 1. The van der Waals surface area contributed by atoms with Crippen LogP contribution in [0.2, 0.25) is 0 Å². The molecule has 1 N–H and O–H groups in total. The fourth-order valence-electron chi connectivity index (χ4n) is 2.40. The third-order valence-electron chi connectivity index (χ3n) is 3.72. The molecular weight excluding hydrogens is 401 g/mol. The van der Waals surface area contributed by atoms with Crippen molar-refractivity contribution in [1.82, 2.24) is 9.97 Å². The first-order valence-corrected chi connectivity index (χ1v) is 9.29. The SMILES string of the molecule is N#Cc1ccccc1NC(=O)CSc1nc(-c2ccccc2)cc(C(F)(F)F)n1. The van der Waals surface area contributed by atoms with E-state index in [-0.39, 0.29) is 22.2 Å². The zero-order valence-corrected chi connectivity index (χ0v) is 15.6. The van der Waals surface area contributed by atoms with Crippen molar-refractivity contribution in [2.75, 3.05) is 11.1 Å². The van der Waals surface area contributed by atoms with Gasteiger partial charge in [-0.15, -0.1) is 0 Å². The van der Waals surface area contributed by atoms with Gasteiger partial charge in [0.05, 0.1) is 22.7 Å². The molecule has 1 amide bonds. The van der Waals surface area contributed by atoms with Crippen molar-refractivity contribution in [3.8, 4) is 17.3 Å². The van der Waals surface area contributed by atoms with Gasteiger partial charge in [0.25, 0.3) is 0 Å². The highest BCUT2D eigenvalue weighted by molar-refractivity contribution is 7.99. The number of rotatable bonds is 5. The Kier molecular flexibility index (Phi) is 6.14. The molecule has 3 rings (SSSR count). The van der Waals surface area contributed by atoms with E-state index >= 15 is 0 Å². The van der Waals surface area contributed by atoms with Crippen LogP contribution in [-0.4, -0.2) is 21.6 Å². The lowest BCUT2D eigenvalue weighted by Gasteiger charge is -2.11. The molecule has 5 nitrogen and oxygen atoms in total. The van der Waals surface area contributed by atoms with E-state index in [1.54, 1.807) is 54.6 Å². The van der Waals surface area contributed by atoms with Crippen molar-refractivity contribution >= 4 is 23.4 Å². The van der Waals surface area contributed by atoms with Gasteiger partial charge in [0.2, 0.25) is 5.91 Å². The second-order valence-electron chi connectivity index (χ2n) is 5.78. The average molecular weight is 414 g/mol. The number of alkyl halides is 3. The number of aromatic nitrogens is 2. The summed E-state index contributed by atoms with van der Waals surface area (Å²) in [6.07, 6.45) is -4.64. The van der Waals surface area contributed by atoms with Crippen LogP contribution in [0.3, 0.4) is 0 Å². The van der Waals surface area contributed by atoms with Crippen molar-refractivity contribution in [3.05, 3.63) is 71.9 Å².